The minimum Gasteiger partial charge on any atom is -0.384 e. The van der Waals surface area contributed by atoms with Crippen molar-refractivity contribution in [1.82, 2.24) is 9.78 Å². The van der Waals surface area contributed by atoms with Crippen molar-refractivity contribution in [2.45, 2.75) is 32.6 Å². The van der Waals surface area contributed by atoms with Crippen LogP contribution in [0.4, 0.5) is 5.82 Å². The first-order valence-corrected chi connectivity index (χ1v) is 6.55. The Morgan fingerprint density at radius 1 is 1.22 bits per heavy atom. The Morgan fingerprint density at radius 2 is 1.94 bits per heavy atom. The molecule has 0 bridgehead atoms. The first-order valence-electron chi connectivity index (χ1n) is 6.55. The van der Waals surface area contributed by atoms with E-state index in [1.807, 2.05) is 13.1 Å². The molecule has 2 rings (SSSR count). The van der Waals surface area contributed by atoms with Gasteiger partial charge in [0.2, 0.25) is 0 Å². The second-order valence-corrected chi connectivity index (χ2v) is 4.72. The van der Waals surface area contributed by atoms with E-state index in [0.717, 1.165) is 11.3 Å². The van der Waals surface area contributed by atoms with E-state index in [0.29, 0.717) is 11.7 Å². The topological polar surface area (TPSA) is 43.8 Å². The molecule has 0 saturated heterocycles. The maximum Gasteiger partial charge on any atom is 0.121 e. The molecule has 0 saturated carbocycles. The molecule has 1 aromatic carbocycles. The monoisotopic (exact) mass is 243 g/mol. The Kier molecular flexibility index (Phi) is 3.70. The van der Waals surface area contributed by atoms with Crippen LogP contribution in [0.3, 0.4) is 0 Å². The van der Waals surface area contributed by atoms with Crippen LogP contribution >= 0.6 is 0 Å². The molecule has 1 heterocycles. The SMILES string of the molecule is CCC(CC)c1cccc(-c2cc(N)n(C)n2)c1. The first kappa shape index (κ1) is 12.7. The highest BCUT2D eigenvalue weighted by Crippen LogP contribution is 2.27. The molecule has 1 aromatic heterocycles. The average molecular weight is 243 g/mol. The molecular weight excluding hydrogens is 222 g/mol. The molecule has 0 atom stereocenters. The van der Waals surface area contributed by atoms with Crippen molar-refractivity contribution in [2.24, 2.45) is 7.05 Å². The summed E-state index contributed by atoms with van der Waals surface area (Å²) in [6.45, 7) is 4.47. The molecular formula is C15H21N3. The molecule has 0 aliphatic rings. The van der Waals surface area contributed by atoms with Gasteiger partial charge in [-0.2, -0.15) is 5.10 Å². The highest BCUT2D eigenvalue weighted by Gasteiger charge is 2.10. The van der Waals surface area contributed by atoms with E-state index in [2.05, 4.69) is 43.2 Å². The van der Waals surface area contributed by atoms with Crippen LogP contribution in [0.5, 0.6) is 0 Å². The third kappa shape index (κ3) is 2.40. The van der Waals surface area contributed by atoms with Crippen molar-refractivity contribution in [3.05, 3.63) is 35.9 Å². The lowest BCUT2D eigenvalue weighted by molar-refractivity contribution is 0.642. The number of benzene rings is 1. The Balaban J connectivity index is 2.37. The maximum absolute atomic E-state index is 5.83. The van der Waals surface area contributed by atoms with Gasteiger partial charge in [-0.15, -0.1) is 0 Å². The highest BCUT2D eigenvalue weighted by atomic mass is 15.3. The third-order valence-corrected chi connectivity index (χ3v) is 3.56. The van der Waals surface area contributed by atoms with Gasteiger partial charge in [-0.05, 0) is 30.4 Å². The zero-order valence-corrected chi connectivity index (χ0v) is 11.4. The Labute approximate surface area is 109 Å². The van der Waals surface area contributed by atoms with Crippen LogP contribution in [0.1, 0.15) is 38.2 Å². The normalized spacial score (nSPS) is 11.1. The van der Waals surface area contributed by atoms with Gasteiger partial charge in [-0.3, -0.25) is 4.68 Å². The fourth-order valence-corrected chi connectivity index (χ4v) is 2.33. The summed E-state index contributed by atoms with van der Waals surface area (Å²) in [4.78, 5) is 0. The second-order valence-electron chi connectivity index (χ2n) is 4.72. The standard InChI is InChI=1S/C15H21N3/c1-4-11(5-2)12-7-6-8-13(9-12)14-10-15(16)18(3)17-14/h6-11H,4-5,16H2,1-3H3. The number of aromatic nitrogens is 2. The van der Waals surface area contributed by atoms with E-state index >= 15 is 0 Å². The van der Waals surface area contributed by atoms with Gasteiger partial charge in [0, 0.05) is 18.7 Å². The van der Waals surface area contributed by atoms with Crippen LogP contribution in [-0.2, 0) is 7.05 Å². The average Bonchev–Trinajstić information content (AvgIpc) is 2.72. The van der Waals surface area contributed by atoms with E-state index in [-0.39, 0.29) is 0 Å². The lowest BCUT2D eigenvalue weighted by atomic mass is 9.92. The van der Waals surface area contributed by atoms with Gasteiger partial charge in [0.05, 0.1) is 5.69 Å². The first-order chi connectivity index (χ1) is 8.65. The number of nitrogens with zero attached hydrogens (tertiary/aromatic N) is 2. The van der Waals surface area contributed by atoms with E-state index < -0.39 is 0 Å². The lowest BCUT2D eigenvalue weighted by Crippen LogP contribution is -1.97. The van der Waals surface area contributed by atoms with Crippen molar-refractivity contribution in [3.8, 4) is 11.3 Å². The second kappa shape index (κ2) is 5.25. The Morgan fingerprint density at radius 3 is 2.50 bits per heavy atom. The van der Waals surface area contributed by atoms with E-state index in [1.54, 1.807) is 4.68 Å². The van der Waals surface area contributed by atoms with Gasteiger partial charge in [0.25, 0.3) is 0 Å². The molecule has 0 spiro atoms. The van der Waals surface area contributed by atoms with Gasteiger partial charge in [0.1, 0.15) is 5.82 Å². The molecule has 0 aliphatic carbocycles. The summed E-state index contributed by atoms with van der Waals surface area (Å²) in [5.41, 5.74) is 9.31. The molecule has 2 aromatic rings. The van der Waals surface area contributed by atoms with Gasteiger partial charge >= 0.3 is 0 Å². The summed E-state index contributed by atoms with van der Waals surface area (Å²) in [5.74, 6) is 1.32. The molecule has 0 aliphatic heterocycles. The highest BCUT2D eigenvalue weighted by molar-refractivity contribution is 5.63. The van der Waals surface area contributed by atoms with Crippen LogP contribution in [0.2, 0.25) is 0 Å². The number of hydrogen-bond donors (Lipinski definition) is 1. The van der Waals surface area contributed by atoms with Gasteiger partial charge in [-0.25, -0.2) is 0 Å². The molecule has 0 amide bonds. The van der Waals surface area contributed by atoms with Crippen molar-refractivity contribution >= 4 is 5.82 Å². The zero-order chi connectivity index (χ0) is 13.1. The predicted molar refractivity (Wildman–Crippen MR) is 76.4 cm³/mol. The smallest absolute Gasteiger partial charge is 0.121 e. The van der Waals surface area contributed by atoms with Crippen LogP contribution < -0.4 is 5.73 Å². The minimum absolute atomic E-state index is 0.631. The number of anilines is 1. The number of nitrogens with two attached hydrogens (primary N) is 1. The summed E-state index contributed by atoms with van der Waals surface area (Å²) in [5, 5.41) is 4.42. The van der Waals surface area contributed by atoms with Crippen LogP contribution in [0, 0.1) is 0 Å². The lowest BCUT2D eigenvalue weighted by Gasteiger charge is -2.13. The van der Waals surface area contributed by atoms with Crippen molar-refractivity contribution in [3.63, 3.8) is 0 Å². The van der Waals surface area contributed by atoms with Crippen molar-refractivity contribution < 1.29 is 0 Å². The number of rotatable bonds is 4. The summed E-state index contributed by atoms with van der Waals surface area (Å²) in [6, 6.07) is 10.6. The Bertz CT molecular complexity index is 505. The summed E-state index contributed by atoms with van der Waals surface area (Å²) < 4.78 is 1.71. The fourth-order valence-electron chi connectivity index (χ4n) is 2.33. The van der Waals surface area contributed by atoms with Gasteiger partial charge < -0.3 is 5.73 Å². The molecule has 3 heteroatoms. The minimum atomic E-state index is 0.631. The number of aryl methyl sites for hydroxylation is 1. The van der Waals surface area contributed by atoms with Crippen LogP contribution in [-0.4, -0.2) is 9.78 Å². The van der Waals surface area contributed by atoms with Crippen LogP contribution in [0.15, 0.2) is 30.3 Å². The van der Waals surface area contributed by atoms with E-state index in [1.165, 1.54) is 18.4 Å². The molecule has 3 nitrogen and oxygen atoms in total. The molecule has 2 N–H and O–H groups in total. The maximum atomic E-state index is 5.83. The summed E-state index contributed by atoms with van der Waals surface area (Å²) >= 11 is 0. The molecule has 0 radical (unpaired) electrons. The largest absolute Gasteiger partial charge is 0.384 e. The predicted octanol–water partition coefficient (Wildman–Crippen LogP) is 3.57. The third-order valence-electron chi connectivity index (χ3n) is 3.56. The van der Waals surface area contributed by atoms with Crippen molar-refractivity contribution in [1.29, 1.82) is 0 Å². The Hall–Kier alpha value is -1.77. The van der Waals surface area contributed by atoms with Crippen LogP contribution in [0.25, 0.3) is 11.3 Å². The van der Waals surface area contributed by atoms with E-state index in [9.17, 15) is 0 Å². The summed E-state index contributed by atoms with van der Waals surface area (Å²) in [6.07, 6.45) is 2.34. The van der Waals surface area contributed by atoms with Gasteiger partial charge in [-0.1, -0.05) is 32.0 Å². The quantitative estimate of drug-likeness (QED) is 0.892. The summed E-state index contributed by atoms with van der Waals surface area (Å²) in [7, 11) is 1.86. The number of hydrogen-bond acceptors (Lipinski definition) is 2. The van der Waals surface area contributed by atoms with Gasteiger partial charge in [0.15, 0.2) is 0 Å². The molecule has 96 valence electrons. The van der Waals surface area contributed by atoms with Crippen molar-refractivity contribution in [2.75, 3.05) is 5.73 Å². The molecule has 18 heavy (non-hydrogen) atoms. The molecule has 0 unspecified atom stereocenters. The van der Waals surface area contributed by atoms with E-state index in [4.69, 9.17) is 5.73 Å². The number of nitrogen functional groups attached to an aromatic ring is 1. The molecule has 0 fully saturated rings. The fraction of sp³-hybridized carbons (Fsp3) is 0.400. The zero-order valence-electron chi connectivity index (χ0n) is 11.4.